The number of nitriles is 1. The molecule has 2 heterocycles. The highest BCUT2D eigenvalue weighted by Crippen LogP contribution is 2.49. The number of halogens is 1. The number of benzene rings is 1. The molecule has 0 spiro atoms. The van der Waals surface area contributed by atoms with Crippen LogP contribution in [0.3, 0.4) is 0 Å². The van der Waals surface area contributed by atoms with Gasteiger partial charge < -0.3 is 5.73 Å². The second-order valence-corrected chi connectivity index (χ2v) is 9.78. The van der Waals surface area contributed by atoms with Crippen LogP contribution in [0.4, 0.5) is 5.69 Å². The van der Waals surface area contributed by atoms with Gasteiger partial charge in [-0.15, -0.1) is 23.1 Å². The Bertz CT molecular complexity index is 1080. The van der Waals surface area contributed by atoms with E-state index in [-0.39, 0.29) is 5.78 Å². The van der Waals surface area contributed by atoms with Crippen molar-refractivity contribution in [3.05, 3.63) is 69.0 Å². The van der Waals surface area contributed by atoms with Crippen molar-refractivity contribution >= 4 is 46.2 Å². The summed E-state index contributed by atoms with van der Waals surface area (Å²) in [7, 11) is 0. The van der Waals surface area contributed by atoms with E-state index in [0.717, 1.165) is 39.8 Å². The van der Waals surface area contributed by atoms with Gasteiger partial charge >= 0.3 is 0 Å². The van der Waals surface area contributed by atoms with Gasteiger partial charge in [0.05, 0.1) is 21.8 Å². The van der Waals surface area contributed by atoms with Gasteiger partial charge in [0, 0.05) is 28.4 Å². The Morgan fingerprint density at radius 3 is 2.93 bits per heavy atom. The number of anilines is 1. The van der Waals surface area contributed by atoms with Crippen LogP contribution in [0.2, 0.25) is 5.02 Å². The molecule has 29 heavy (non-hydrogen) atoms. The zero-order valence-electron chi connectivity index (χ0n) is 15.9. The van der Waals surface area contributed by atoms with Gasteiger partial charge in [-0.2, -0.15) is 5.26 Å². The van der Waals surface area contributed by atoms with Gasteiger partial charge in [-0.05, 0) is 53.8 Å². The lowest BCUT2D eigenvalue weighted by atomic mass is 9.76. The Morgan fingerprint density at radius 1 is 1.38 bits per heavy atom. The molecule has 7 heteroatoms. The van der Waals surface area contributed by atoms with Crippen molar-refractivity contribution in [2.45, 2.75) is 36.3 Å². The molecule has 2 N–H and O–H groups in total. The fourth-order valence-electron chi connectivity index (χ4n) is 4.08. The van der Waals surface area contributed by atoms with Crippen LogP contribution in [0, 0.1) is 11.3 Å². The zero-order valence-corrected chi connectivity index (χ0v) is 18.3. The van der Waals surface area contributed by atoms with Crippen molar-refractivity contribution < 1.29 is 4.79 Å². The molecule has 0 amide bonds. The molecule has 2 aliphatic rings. The number of thiophene rings is 1. The lowest BCUT2D eigenvalue weighted by Crippen LogP contribution is -2.38. The van der Waals surface area contributed by atoms with E-state index in [0.29, 0.717) is 28.4 Å². The molecule has 0 fully saturated rings. The number of hydrogen-bond donors (Lipinski definition) is 1. The maximum atomic E-state index is 13.1. The topological polar surface area (TPSA) is 70.1 Å². The van der Waals surface area contributed by atoms with Crippen molar-refractivity contribution in [2.75, 3.05) is 10.7 Å². The van der Waals surface area contributed by atoms with Gasteiger partial charge in [-0.1, -0.05) is 24.6 Å². The molecule has 0 bridgehead atoms. The normalized spacial score (nSPS) is 19.4. The van der Waals surface area contributed by atoms with Gasteiger partial charge in [0.2, 0.25) is 0 Å². The highest BCUT2D eigenvalue weighted by molar-refractivity contribution is 8.01. The average molecular weight is 442 g/mol. The molecule has 0 saturated heterocycles. The van der Waals surface area contributed by atoms with Crippen molar-refractivity contribution in [1.82, 2.24) is 0 Å². The first-order chi connectivity index (χ1) is 14.1. The van der Waals surface area contributed by atoms with Crippen molar-refractivity contribution in [3.63, 3.8) is 0 Å². The monoisotopic (exact) mass is 441 g/mol. The summed E-state index contributed by atoms with van der Waals surface area (Å²) in [6.45, 7) is 2.10. The smallest absolute Gasteiger partial charge is 0.161 e. The number of thioether (sulfide) groups is 1. The Hall–Kier alpha value is -2.20. The Labute approximate surface area is 183 Å². The van der Waals surface area contributed by atoms with Gasteiger partial charge in [-0.3, -0.25) is 9.69 Å². The number of carbonyl (C=O) groups is 1. The van der Waals surface area contributed by atoms with Crippen molar-refractivity contribution in [3.8, 4) is 6.07 Å². The lowest BCUT2D eigenvalue weighted by molar-refractivity contribution is -0.116. The number of allylic oxidation sites excluding steroid dienone is 3. The summed E-state index contributed by atoms with van der Waals surface area (Å²) in [5.74, 6) is 1.00. The van der Waals surface area contributed by atoms with Gasteiger partial charge in [-0.25, -0.2) is 0 Å². The predicted octanol–water partition coefficient (Wildman–Crippen LogP) is 5.82. The molecule has 148 valence electrons. The summed E-state index contributed by atoms with van der Waals surface area (Å²) in [6, 6.07) is 11.7. The molecular formula is C22H20ClN3OS2. The molecule has 0 radical (unpaired) electrons. The summed E-state index contributed by atoms with van der Waals surface area (Å²) in [6.07, 6.45) is 2.01. The molecule has 1 aromatic heterocycles. The highest BCUT2D eigenvalue weighted by Gasteiger charge is 2.41. The first-order valence-corrected chi connectivity index (χ1v) is 11.7. The van der Waals surface area contributed by atoms with E-state index >= 15 is 0 Å². The fraction of sp³-hybridized carbons (Fsp3) is 0.273. The SMILES string of the molecule is CCSc1sccc1[C@@H]1C(C#N)=C(N)N(c2cccc(Cl)c2)C2=C1C(=O)CCC2. The number of nitrogens with two attached hydrogens (primary N) is 1. The second-order valence-electron chi connectivity index (χ2n) is 6.89. The lowest BCUT2D eigenvalue weighted by Gasteiger charge is -2.39. The molecule has 0 saturated carbocycles. The minimum absolute atomic E-state index is 0.0992. The molecule has 0 unspecified atom stereocenters. The van der Waals surface area contributed by atoms with E-state index in [9.17, 15) is 10.1 Å². The fourth-order valence-corrected chi connectivity index (χ4v) is 6.33. The number of Topliss-reactive ketones (excluding diaryl/α,β-unsaturated/α-hetero) is 1. The predicted molar refractivity (Wildman–Crippen MR) is 120 cm³/mol. The van der Waals surface area contributed by atoms with Crippen LogP contribution in [0.15, 0.2) is 62.6 Å². The zero-order chi connectivity index (χ0) is 20.5. The highest BCUT2D eigenvalue weighted by atomic mass is 35.5. The van der Waals surface area contributed by atoms with E-state index < -0.39 is 5.92 Å². The molecular weight excluding hydrogens is 422 g/mol. The summed E-state index contributed by atoms with van der Waals surface area (Å²) in [4.78, 5) is 15.0. The summed E-state index contributed by atoms with van der Waals surface area (Å²) >= 11 is 9.60. The molecule has 1 aromatic carbocycles. The van der Waals surface area contributed by atoms with Crippen molar-refractivity contribution in [1.29, 1.82) is 5.26 Å². The Kier molecular flexibility index (Phi) is 5.73. The molecule has 4 nitrogen and oxygen atoms in total. The van der Waals surface area contributed by atoms with Crippen LogP contribution < -0.4 is 10.6 Å². The number of hydrogen-bond acceptors (Lipinski definition) is 6. The second kappa shape index (κ2) is 8.27. The standard InChI is InChI=1S/C22H20ClN3OS2/c1-2-28-22-15(9-10-29-22)19-16(12-24)21(25)26(14-6-3-5-13(23)11-14)17-7-4-8-18(27)20(17)19/h3,5-6,9-11,19H,2,4,7-8,25H2,1H3/t19-/m1/s1. The number of nitrogens with zero attached hydrogens (tertiary/aromatic N) is 2. The van der Waals surface area contributed by atoms with Crippen LogP contribution >= 0.6 is 34.7 Å². The van der Waals surface area contributed by atoms with Crippen LogP contribution in [0.1, 0.15) is 37.7 Å². The summed E-state index contributed by atoms with van der Waals surface area (Å²) < 4.78 is 1.14. The van der Waals surface area contributed by atoms with E-state index in [1.54, 1.807) is 29.2 Å². The van der Waals surface area contributed by atoms with E-state index in [4.69, 9.17) is 17.3 Å². The van der Waals surface area contributed by atoms with Crippen LogP contribution in [0.5, 0.6) is 0 Å². The van der Waals surface area contributed by atoms with Gasteiger partial charge in [0.25, 0.3) is 0 Å². The molecule has 1 atom stereocenters. The third-order valence-electron chi connectivity index (χ3n) is 5.22. The third-order valence-corrected chi connectivity index (χ3v) is 7.61. The molecule has 1 aliphatic carbocycles. The first kappa shape index (κ1) is 20.1. The van der Waals surface area contributed by atoms with Crippen LogP contribution in [-0.2, 0) is 4.79 Å². The van der Waals surface area contributed by atoms with Crippen LogP contribution in [0.25, 0.3) is 0 Å². The maximum absolute atomic E-state index is 13.1. The minimum atomic E-state index is -0.404. The Morgan fingerprint density at radius 2 is 2.21 bits per heavy atom. The van der Waals surface area contributed by atoms with E-state index in [1.165, 1.54) is 0 Å². The largest absolute Gasteiger partial charge is 0.384 e. The molecule has 2 aromatic rings. The first-order valence-electron chi connectivity index (χ1n) is 9.48. The van der Waals surface area contributed by atoms with Crippen LogP contribution in [-0.4, -0.2) is 11.5 Å². The number of ketones is 1. The number of carbonyl (C=O) groups excluding carboxylic acids is 1. The summed E-state index contributed by atoms with van der Waals surface area (Å²) in [5.41, 5.74) is 10.4. The number of rotatable bonds is 4. The maximum Gasteiger partial charge on any atom is 0.161 e. The van der Waals surface area contributed by atoms with E-state index in [1.807, 2.05) is 34.5 Å². The van der Waals surface area contributed by atoms with Crippen molar-refractivity contribution in [2.24, 2.45) is 5.73 Å². The Balaban J connectivity index is 1.96. The van der Waals surface area contributed by atoms with E-state index in [2.05, 4.69) is 13.0 Å². The molecule has 4 rings (SSSR count). The quantitative estimate of drug-likeness (QED) is 0.605. The van der Waals surface area contributed by atoms with Gasteiger partial charge in [0.15, 0.2) is 5.78 Å². The third kappa shape index (κ3) is 3.48. The minimum Gasteiger partial charge on any atom is -0.384 e. The van der Waals surface area contributed by atoms with Gasteiger partial charge in [0.1, 0.15) is 5.82 Å². The molecule has 1 aliphatic heterocycles. The average Bonchev–Trinajstić information content (AvgIpc) is 3.15. The summed E-state index contributed by atoms with van der Waals surface area (Å²) in [5, 5.41) is 12.7.